The van der Waals surface area contributed by atoms with Gasteiger partial charge in [0.25, 0.3) is 0 Å². The number of ether oxygens (including phenoxy) is 3. The summed E-state index contributed by atoms with van der Waals surface area (Å²) in [6.45, 7) is 2.82. The van der Waals surface area contributed by atoms with Crippen molar-refractivity contribution in [2.24, 2.45) is 0 Å². The molecule has 0 heterocycles. The number of allylic oxidation sites excluding steroid dienone is 1. The highest BCUT2D eigenvalue weighted by Crippen LogP contribution is 2.41. The van der Waals surface area contributed by atoms with Crippen LogP contribution in [0.25, 0.3) is 6.08 Å². The van der Waals surface area contributed by atoms with Gasteiger partial charge in [-0.3, -0.25) is 4.79 Å². The van der Waals surface area contributed by atoms with Crippen LogP contribution >= 0.6 is 0 Å². The number of para-hydroxylation sites is 1. The van der Waals surface area contributed by atoms with Crippen LogP contribution in [0.3, 0.4) is 0 Å². The number of aliphatic carboxylic acids is 1. The molecule has 28 heavy (non-hydrogen) atoms. The highest BCUT2D eigenvalue weighted by Gasteiger charge is 2.32. The molecule has 0 amide bonds. The number of ketones is 1. The molecule has 2 rings (SSSR count). The molecule has 0 aliphatic rings. The zero-order chi connectivity index (χ0) is 20.9. The maximum Gasteiger partial charge on any atom is 0.347 e. The Morgan fingerprint density at radius 2 is 1.61 bits per heavy atom. The lowest BCUT2D eigenvalue weighted by Gasteiger charge is -2.24. The molecule has 7 nitrogen and oxygen atoms in total. The van der Waals surface area contributed by atoms with E-state index >= 15 is 0 Å². The molecular weight excluding hydrogens is 364 g/mol. The molecule has 0 saturated heterocycles. The molecule has 0 radical (unpaired) electrons. The summed E-state index contributed by atoms with van der Waals surface area (Å²) in [4.78, 5) is 23.6. The van der Waals surface area contributed by atoms with Crippen LogP contribution in [0, 0.1) is 0 Å². The monoisotopic (exact) mass is 386 g/mol. The van der Waals surface area contributed by atoms with Crippen molar-refractivity contribution in [2.45, 2.75) is 19.4 Å². The van der Waals surface area contributed by atoms with E-state index in [4.69, 9.17) is 14.2 Å². The second-order valence-electron chi connectivity index (χ2n) is 6.39. The number of rotatable bonds is 8. The molecule has 148 valence electrons. The first-order valence-electron chi connectivity index (χ1n) is 8.38. The van der Waals surface area contributed by atoms with Crippen LogP contribution in [0.15, 0.2) is 42.5 Å². The number of carbonyl (C=O) groups excluding carboxylic acids is 1. The lowest BCUT2D eigenvalue weighted by molar-refractivity contribution is -0.152. The van der Waals surface area contributed by atoms with Gasteiger partial charge in [-0.05, 0) is 49.8 Å². The Labute approximate surface area is 162 Å². The van der Waals surface area contributed by atoms with E-state index in [2.05, 4.69) is 0 Å². The minimum absolute atomic E-state index is 0.105. The number of benzene rings is 2. The largest absolute Gasteiger partial charge is 0.507 e. The second kappa shape index (κ2) is 8.47. The highest BCUT2D eigenvalue weighted by molar-refractivity contribution is 6.08. The Bertz CT molecular complexity index is 888. The van der Waals surface area contributed by atoms with Crippen LogP contribution in [0.1, 0.15) is 29.8 Å². The van der Waals surface area contributed by atoms with Crippen molar-refractivity contribution in [1.82, 2.24) is 0 Å². The quantitative estimate of drug-likeness (QED) is 0.528. The fraction of sp³-hybridized carbons (Fsp3) is 0.238. The Kier molecular flexibility index (Phi) is 6.30. The summed E-state index contributed by atoms with van der Waals surface area (Å²) < 4.78 is 16.2. The van der Waals surface area contributed by atoms with Crippen LogP contribution in [0.2, 0.25) is 0 Å². The van der Waals surface area contributed by atoms with E-state index in [9.17, 15) is 19.8 Å². The van der Waals surface area contributed by atoms with Crippen molar-refractivity contribution in [3.8, 4) is 23.0 Å². The fourth-order valence-corrected chi connectivity index (χ4v) is 2.34. The topological polar surface area (TPSA) is 102 Å². The van der Waals surface area contributed by atoms with Crippen molar-refractivity contribution in [1.29, 1.82) is 0 Å². The number of aromatic hydroxyl groups is 1. The number of methoxy groups -OCH3 is 2. The maximum absolute atomic E-state index is 12.3. The average molecular weight is 386 g/mol. The van der Waals surface area contributed by atoms with Gasteiger partial charge in [0, 0.05) is 0 Å². The molecule has 0 aliphatic carbocycles. The normalized spacial score (nSPS) is 11.3. The third-order valence-electron chi connectivity index (χ3n) is 3.95. The van der Waals surface area contributed by atoms with E-state index in [0.29, 0.717) is 5.56 Å². The van der Waals surface area contributed by atoms with Gasteiger partial charge in [-0.2, -0.15) is 0 Å². The molecule has 0 aromatic heterocycles. The molecular formula is C21H22O7. The first kappa shape index (κ1) is 20.8. The van der Waals surface area contributed by atoms with Gasteiger partial charge in [0.2, 0.25) is 5.75 Å². The lowest BCUT2D eigenvalue weighted by Crippen LogP contribution is -2.38. The van der Waals surface area contributed by atoms with E-state index in [0.717, 1.165) is 0 Å². The fourth-order valence-electron chi connectivity index (χ4n) is 2.34. The van der Waals surface area contributed by atoms with E-state index in [-0.39, 0.29) is 34.3 Å². The third kappa shape index (κ3) is 4.62. The maximum atomic E-state index is 12.3. The number of hydrogen-bond donors (Lipinski definition) is 2. The number of hydrogen-bond acceptors (Lipinski definition) is 6. The molecule has 0 spiro atoms. The summed E-state index contributed by atoms with van der Waals surface area (Å²) in [5.41, 5.74) is -0.752. The molecule has 0 bridgehead atoms. The van der Waals surface area contributed by atoms with Gasteiger partial charge in [0.05, 0.1) is 19.8 Å². The molecule has 0 aliphatic heterocycles. The van der Waals surface area contributed by atoms with Gasteiger partial charge in [-0.15, -0.1) is 0 Å². The second-order valence-corrected chi connectivity index (χ2v) is 6.39. The SMILES string of the molecule is COc1cc(/C=C/C(=O)c2ccccc2O)cc(OC)c1OC(C)(C)C(=O)O. The summed E-state index contributed by atoms with van der Waals surface area (Å²) in [5.74, 6) is -0.975. The highest BCUT2D eigenvalue weighted by atomic mass is 16.6. The van der Waals surface area contributed by atoms with Gasteiger partial charge in [-0.1, -0.05) is 18.2 Å². The number of carboxylic acids is 1. The molecule has 7 heteroatoms. The molecule has 0 fully saturated rings. The Morgan fingerprint density at radius 3 is 2.11 bits per heavy atom. The van der Waals surface area contributed by atoms with E-state index in [1.54, 1.807) is 24.3 Å². The molecule has 0 atom stereocenters. The third-order valence-corrected chi connectivity index (χ3v) is 3.95. The molecule has 2 aromatic carbocycles. The smallest absolute Gasteiger partial charge is 0.347 e. The van der Waals surface area contributed by atoms with E-state index in [1.807, 2.05) is 0 Å². The van der Waals surface area contributed by atoms with E-state index in [1.165, 1.54) is 52.4 Å². The predicted octanol–water partition coefficient (Wildman–Crippen LogP) is 3.55. The van der Waals surface area contributed by atoms with Crippen LogP contribution in [-0.2, 0) is 4.79 Å². The Morgan fingerprint density at radius 1 is 1.04 bits per heavy atom. The van der Waals surface area contributed by atoms with Crippen molar-refractivity contribution < 1.29 is 34.0 Å². The summed E-state index contributed by atoms with van der Waals surface area (Å²) in [7, 11) is 2.83. The van der Waals surface area contributed by atoms with Crippen molar-refractivity contribution in [3.05, 3.63) is 53.6 Å². The molecule has 2 aromatic rings. The van der Waals surface area contributed by atoms with Gasteiger partial charge in [0.15, 0.2) is 22.9 Å². The zero-order valence-electron chi connectivity index (χ0n) is 16.1. The van der Waals surface area contributed by atoms with Crippen LogP contribution in [-0.4, -0.2) is 41.8 Å². The summed E-state index contributed by atoms with van der Waals surface area (Å²) in [6, 6.07) is 9.42. The van der Waals surface area contributed by atoms with Crippen molar-refractivity contribution >= 4 is 17.8 Å². The minimum Gasteiger partial charge on any atom is -0.507 e. The Hall–Kier alpha value is -3.48. The minimum atomic E-state index is -1.50. The zero-order valence-corrected chi connectivity index (χ0v) is 16.1. The van der Waals surface area contributed by atoms with Crippen LogP contribution in [0.5, 0.6) is 23.0 Å². The standard InChI is InChI=1S/C21H22O7/c1-21(2,20(24)25)28-19-17(26-3)11-13(12-18(19)27-4)9-10-16(23)14-7-5-6-8-15(14)22/h5-12,22H,1-4H3,(H,24,25)/b10-9+. The van der Waals surface area contributed by atoms with Crippen LogP contribution in [0.4, 0.5) is 0 Å². The molecule has 0 saturated carbocycles. The number of phenols is 1. The summed E-state index contributed by atoms with van der Waals surface area (Å²) in [5, 5.41) is 19.1. The van der Waals surface area contributed by atoms with Gasteiger partial charge in [0.1, 0.15) is 5.75 Å². The van der Waals surface area contributed by atoms with Gasteiger partial charge >= 0.3 is 5.97 Å². The van der Waals surface area contributed by atoms with Crippen molar-refractivity contribution in [2.75, 3.05) is 14.2 Å². The lowest BCUT2D eigenvalue weighted by atomic mass is 10.1. The summed E-state index contributed by atoms with van der Waals surface area (Å²) >= 11 is 0. The van der Waals surface area contributed by atoms with Crippen molar-refractivity contribution in [3.63, 3.8) is 0 Å². The molecule has 0 unspecified atom stereocenters. The Balaban J connectivity index is 2.38. The first-order valence-corrected chi connectivity index (χ1v) is 8.38. The van der Waals surface area contributed by atoms with E-state index < -0.39 is 11.6 Å². The van der Waals surface area contributed by atoms with Gasteiger partial charge < -0.3 is 24.4 Å². The average Bonchev–Trinajstić information content (AvgIpc) is 2.66. The predicted molar refractivity (Wildman–Crippen MR) is 103 cm³/mol. The van der Waals surface area contributed by atoms with Crippen LogP contribution < -0.4 is 14.2 Å². The molecule has 2 N–H and O–H groups in total. The first-order chi connectivity index (χ1) is 13.2. The van der Waals surface area contributed by atoms with Gasteiger partial charge in [-0.25, -0.2) is 4.79 Å². The number of carboxylic acid groups (broad SMARTS) is 1. The number of phenolic OH excluding ortho intramolecular Hbond substituents is 1. The number of carbonyl (C=O) groups is 2. The summed E-state index contributed by atoms with van der Waals surface area (Å²) in [6.07, 6.45) is 2.84.